The minimum atomic E-state index is -4.39. The van der Waals surface area contributed by atoms with Gasteiger partial charge in [0.05, 0.1) is 13.2 Å². The van der Waals surface area contributed by atoms with Gasteiger partial charge in [0.2, 0.25) is 0 Å². The van der Waals surface area contributed by atoms with Crippen molar-refractivity contribution in [3.8, 4) is 0 Å². The molecular formula is C72H134NO8P. The lowest BCUT2D eigenvalue weighted by Crippen LogP contribution is -2.29. The first-order valence-corrected chi connectivity index (χ1v) is 36.8. The molecule has 0 heterocycles. The average molecular weight is 1170 g/mol. The number of unbranched alkanes of at least 4 members (excludes halogenated alkanes) is 44. The van der Waals surface area contributed by atoms with Crippen LogP contribution in [-0.4, -0.2) is 49.3 Å². The van der Waals surface area contributed by atoms with Gasteiger partial charge in [0.25, 0.3) is 0 Å². The van der Waals surface area contributed by atoms with Crippen molar-refractivity contribution in [3.05, 3.63) is 60.8 Å². The van der Waals surface area contributed by atoms with E-state index in [0.29, 0.717) is 6.42 Å². The fourth-order valence-electron chi connectivity index (χ4n) is 10.5. The molecule has 2 unspecified atom stereocenters. The topological polar surface area (TPSA) is 134 Å². The molecule has 0 rings (SSSR count). The van der Waals surface area contributed by atoms with Crippen LogP contribution < -0.4 is 5.73 Å². The van der Waals surface area contributed by atoms with Gasteiger partial charge in [-0.1, -0.05) is 344 Å². The summed E-state index contributed by atoms with van der Waals surface area (Å²) < 4.78 is 33.2. The second-order valence-electron chi connectivity index (χ2n) is 23.7. The standard InChI is InChI=1S/C72H134NO8P/c1-3-5-7-9-11-13-15-17-19-21-23-25-27-28-29-30-31-32-33-34-35-36-37-38-39-40-41-42-43-45-47-49-51-53-55-57-59-61-63-65-72(75)81-70(69-80-82(76,77)79-67-66-73)68-78-71(74)64-62-60-58-56-54-52-50-48-46-44-26-24-22-20-18-16-14-12-10-8-6-4-2/h5,7,11,13,17,19,23,25,28-29,70H,3-4,6,8-10,12,14-16,18,20-22,24,26-27,30-69,73H2,1-2H3,(H,76,77)/b7-5-,13-11-,19-17-,25-23-,29-28-. The maximum Gasteiger partial charge on any atom is 0.472 e. The monoisotopic (exact) mass is 1170 g/mol. The van der Waals surface area contributed by atoms with E-state index in [1.807, 2.05) is 0 Å². The van der Waals surface area contributed by atoms with E-state index in [4.69, 9.17) is 24.3 Å². The van der Waals surface area contributed by atoms with Crippen LogP contribution in [0.2, 0.25) is 0 Å². The molecule has 10 heteroatoms. The normalized spacial score (nSPS) is 13.3. The van der Waals surface area contributed by atoms with Crippen molar-refractivity contribution in [2.75, 3.05) is 26.4 Å². The van der Waals surface area contributed by atoms with Crippen LogP contribution in [0.3, 0.4) is 0 Å². The Kier molecular flexibility index (Phi) is 65.9. The van der Waals surface area contributed by atoms with Gasteiger partial charge >= 0.3 is 19.8 Å². The van der Waals surface area contributed by atoms with Gasteiger partial charge in [0, 0.05) is 19.4 Å². The van der Waals surface area contributed by atoms with Crippen LogP contribution in [0.1, 0.15) is 354 Å². The molecule has 82 heavy (non-hydrogen) atoms. The van der Waals surface area contributed by atoms with Gasteiger partial charge in [0.1, 0.15) is 6.61 Å². The highest BCUT2D eigenvalue weighted by Gasteiger charge is 2.26. The second kappa shape index (κ2) is 67.8. The first-order chi connectivity index (χ1) is 40.3. The number of ether oxygens (including phenoxy) is 2. The summed E-state index contributed by atoms with van der Waals surface area (Å²) in [6.07, 6.45) is 87.6. The van der Waals surface area contributed by atoms with Crippen molar-refractivity contribution in [3.63, 3.8) is 0 Å². The third kappa shape index (κ3) is 66.8. The number of nitrogens with two attached hydrogens (primary N) is 1. The molecule has 0 saturated carbocycles. The Morgan fingerprint density at radius 2 is 0.671 bits per heavy atom. The van der Waals surface area contributed by atoms with Crippen molar-refractivity contribution < 1.29 is 37.6 Å². The summed E-state index contributed by atoms with van der Waals surface area (Å²) in [6.45, 7) is 3.70. The molecule has 0 amide bonds. The molecule has 0 fully saturated rings. The molecule has 0 aliphatic carbocycles. The predicted molar refractivity (Wildman–Crippen MR) is 353 cm³/mol. The summed E-state index contributed by atoms with van der Waals surface area (Å²) in [4.78, 5) is 35.3. The zero-order chi connectivity index (χ0) is 59.4. The molecule has 0 saturated heterocycles. The van der Waals surface area contributed by atoms with Gasteiger partial charge in [-0.25, -0.2) is 4.57 Å². The fraction of sp³-hybridized carbons (Fsp3) is 0.833. The van der Waals surface area contributed by atoms with E-state index in [9.17, 15) is 19.0 Å². The molecule has 0 bridgehead atoms. The fourth-order valence-corrected chi connectivity index (χ4v) is 11.3. The SMILES string of the molecule is CC/C=C\C/C=C\C/C=C\C/C=C\C/C=C\CCCCCCCCCCCCCCCCCCCCCCCCCC(=O)OC(COC(=O)CCCCCCCCCCCCCCCCCCCCCCCC)COP(=O)(O)OCCN. The molecule has 0 aromatic rings. The number of rotatable bonds is 67. The number of hydrogen-bond acceptors (Lipinski definition) is 8. The van der Waals surface area contributed by atoms with Crippen LogP contribution >= 0.6 is 7.82 Å². The Balaban J connectivity index is 3.78. The molecule has 0 aliphatic heterocycles. The number of esters is 2. The first kappa shape index (κ1) is 79.7. The van der Waals surface area contributed by atoms with Crippen molar-refractivity contribution in [1.82, 2.24) is 0 Å². The Morgan fingerprint density at radius 1 is 0.378 bits per heavy atom. The van der Waals surface area contributed by atoms with E-state index < -0.39 is 26.5 Å². The number of allylic oxidation sites excluding steroid dienone is 10. The molecule has 0 aromatic carbocycles. The molecule has 2 atom stereocenters. The quantitative estimate of drug-likeness (QED) is 0.0264. The molecular weight excluding hydrogens is 1040 g/mol. The van der Waals surface area contributed by atoms with Gasteiger partial charge in [-0.15, -0.1) is 0 Å². The van der Waals surface area contributed by atoms with Gasteiger partial charge in [-0.2, -0.15) is 0 Å². The third-order valence-corrected chi connectivity index (χ3v) is 16.7. The van der Waals surface area contributed by atoms with E-state index >= 15 is 0 Å². The van der Waals surface area contributed by atoms with Gasteiger partial charge in [-0.3, -0.25) is 18.6 Å². The molecule has 3 N–H and O–H groups in total. The number of carbonyl (C=O) groups is 2. The molecule has 480 valence electrons. The van der Waals surface area contributed by atoms with Crippen molar-refractivity contribution in [2.45, 2.75) is 360 Å². The highest BCUT2D eigenvalue weighted by molar-refractivity contribution is 7.47. The van der Waals surface area contributed by atoms with Crippen LogP contribution in [0.15, 0.2) is 60.8 Å². The highest BCUT2D eigenvalue weighted by atomic mass is 31.2. The Morgan fingerprint density at radius 3 is 1.00 bits per heavy atom. The molecule has 0 aliphatic rings. The van der Waals surface area contributed by atoms with Gasteiger partial charge in [0.15, 0.2) is 6.10 Å². The lowest BCUT2D eigenvalue weighted by atomic mass is 10.0. The number of phosphoric acid groups is 1. The minimum Gasteiger partial charge on any atom is -0.462 e. The summed E-state index contributed by atoms with van der Waals surface area (Å²) in [6, 6.07) is 0. The maximum absolute atomic E-state index is 12.8. The summed E-state index contributed by atoms with van der Waals surface area (Å²) in [7, 11) is -4.39. The number of carbonyl (C=O) groups excluding carboxylic acids is 2. The highest BCUT2D eigenvalue weighted by Crippen LogP contribution is 2.43. The summed E-state index contributed by atoms with van der Waals surface area (Å²) in [5.41, 5.74) is 5.40. The van der Waals surface area contributed by atoms with Crippen LogP contribution in [0, 0.1) is 0 Å². The molecule has 0 aromatic heterocycles. The van der Waals surface area contributed by atoms with E-state index in [-0.39, 0.29) is 38.6 Å². The van der Waals surface area contributed by atoms with E-state index in [1.165, 1.54) is 257 Å². The Hall–Kier alpha value is -2.29. The summed E-state index contributed by atoms with van der Waals surface area (Å²) in [5.74, 6) is -0.805. The van der Waals surface area contributed by atoms with E-state index in [0.717, 1.165) is 64.2 Å². The van der Waals surface area contributed by atoms with Crippen LogP contribution in [-0.2, 0) is 32.7 Å². The zero-order valence-corrected chi connectivity index (χ0v) is 54.9. The summed E-state index contributed by atoms with van der Waals surface area (Å²) in [5, 5.41) is 0. The van der Waals surface area contributed by atoms with Crippen LogP contribution in [0.25, 0.3) is 0 Å². The number of phosphoric ester groups is 1. The lowest BCUT2D eigenvalue weighted by Gasteiger charge is -2.19. The maximum atomic E-state index is 12.8. The molecule has 0 spiro atoms. The predicted octanol–water partition coefficient (Wildman–Crippen LogP) is 23.0. The number of hydrogen-bond donors (Lipinski definition) is 2. The minimum absolute atomic E-state index is 0.0558. The van der Waals surface area contributed by atoms with Crippen molar-refractivity contribution in [1.29, 1.82) is 0 Å². The Bertz CT molecular complexity index is 1530. The van der Waals surface area contributed by atoms with Crippen LogP contribution in [0.5, 0.6) is 0 Å². The smallest absolute Gasteiger partial charge is 0.462 e. The summed E-state index contributed by atoms with van der Waals surface area (Å²) >= 11 is 0. The molecule has 0 radical (unpaired) electrons. The third-order valence-electron chi connectivity index (χ3n) is 15.7. The van der Waals surface area contributed by atoms with Gasteiger partial charge < -0.3 is 20.1 Å². The van der Waals surface area contributed by atoms with Crippen molar-refractivity contribution >= 4 is 19.8 Å². The average Bonchev–Trinajstić information content (AvgIpc) is 3.48. The Labute approximate surface area is 508 Å². The zero-order valence-electron chi connectivity index (χ0n) is 54.0. The van der Waals surface area contributed by atoms with Gasteiger partial charge in [-0.05, 0) is 57.8 Å². The largest absolute Gasteiger partial charge is 0.472 e. The molecule has 9 nitrogen and oxygen atoms in total. The van der Waals surface area contributed by atoms with E-state index in [1.54, 1.807) is 0 Å². The lowest BCUT2D eigenvalue weighted by molar-refractivity contribution is -0.161. The van der Waals surface area contributed by atoms with Crippen LogP contribution in [0.4, 0.5) is 0 Å². The van der Waals surface area contributed by atoms with E-state index in [2.05, 4.69) is 74.6 Å². The van der Waals surface area contributed by atoms with Crippen molar-refractivity contribution in [2.24, 2.45) is 5.73 Å². The first-order valence-electron chi connectivity index (χ1n) is 35.3. The second-order valence-corrected chi connectivity index (χ2v) is 25.2.